The molecule has 6 heteroatoms. The molecule has 32 heavy (non-hydrogen) atoms. The molecule has 1 aromatic heterocycles. The second kappa shape index (κ2) is 7.71. The number of amides is 1. The second-order valence-corrected chi connectivity index (χ2v) is 7.77. The highest BCUT2D eigenvalue weighted by molar-refractivity contribution is 6.06. The average molecular weight is 432 g/mol. The van der Waals surface area contributed by atoms with Crippen molar-refractivity contribution in [1.29, 1.82) is 0 Å². The van der Waals surface area contributed by atoms with Crippen LogP contribution < -0.4 is 4.90 Å². The average Bonchev–Trinajstić information content (AvgIpc) is 3.17. The van der Waals surface area contributed by atoms with E-state index in [9.17, 15) is 18.0 Å². The number of aromatic nitrogens is 1. The molecule has 0 bridgehead atoms. The summed E-state index contributed by atoms with van der Waals surface area (Å²) < 4.78 is 42.3. The Bertz CT molecular complexity index is 1290. The first-order valence-electron chi connectivity index (χ1n) is 10.2. The number of alkyl halides is 3. The van der Waals surface area contributed by atoms with Crippen LogP contribution in [0.2, 0.25) is 0 Å². The van der Waals surface area contributed by atoms with Crippen molar-refractivity contribution in [3.8, 4) is 11.1 Å². The maximum Gasteiger partial charge on any atom is 0.417 e. The number of fused-ring (bicyclic) bond motifs is 2. The maximum atomic E-state index is 13.5. The van der Waals surface area contributed by atoms with E-state index in [1.807, 2.05) is 42.6 Å². The lowest BCUT2D eigenvalue weighted by atomic mass is 9.98. The Kier molecular flexibility index (Phi) is 4.85. The highest BCUT2D eigenvalue weighted by Gasteiger charge is 2.33. The lowest BCUT2D eigenvalue weighted by Gasteiger charge is -2.23. The van der Waals surface area contributed by atoms with Gasteiger partial charge in [-0.05, 0) is 53.1 Å². The van der Waals surface area contributed by atoms with Crippen LogP contribution in [0.25, 0.3) is 11.1 Å². The molecule has 4 aromatic rings. The Balaban J connectivity index is 1.50. The fourth-order valence-corrected chi connectivity index (χ4v) is 4.20. The van der Waals surface area contributed by atoms with E-state index in [-0.39, 0.29) is 11.5 Å². The summed E-state index contributed by atoms with van der Waals surface area (Å²) in [5.41, 5.74) is 3.13. The third kappa shape index (κ3) is 3.58. The van der Waals surface area contributed by atoms with Gasteiger partial charge in [0.2, 0.25) is 0 Å². The van der Waals surface area contributed by atoms with E-state index in [1.54, 1.807) is 35.2 Å². The number of benzene rings is 3. The number of rotatable bonds is 2. The SMILES string of the molecule is O=C(c1ccc(-c2ccccc2C(F)(F)F)cc1)N1Cc2cccn2Cc2ccccc21. The van der Waals surface area contributed by atoms with E-state index >= 15 is 0 Å². The van der Waals surface area contributed by atoms with Gasteiger partial charge in [0, 0.05) is 29.7 Å². The molecule has 2 heterocycles. The van der Waals surface area contributed by atoms with Crippen LogP contribution >= 0.6 is 0 Å². The summed E-state index contributed by atoms with van der Waals surface area (Å²) in [5.74, 6) is -0.192. The molecule has 0 fully saturated rings. The van der Waals surface area contributed by atoms with Crippen LogP contribution in [0.1, 0.15) is 27.2 Å². The van der Waals surface area contributed by atoms with Crippen molar-refractivity contribution in [2.24, 2.45) is 0 Å². The van der Waals surface area contributed by atoms with Crippen LogP contribution in [0, 0.1) is 0 Å². The molecule has 0 unspecified atom stereocenters. The summed E-state index contributed by atoms with van der Waals surface area (Å²) in [5, 5.41) is 0. The van der Waals surface area contributed by atoms with Crippen LogP contribution in [-0.4, -0.2) is 10.5 Å². The zero-order valence-corrected chi connectivity index (χ0v) is 17.0. The number of carbonyl (C=O) groups excluding carboxylic acids is 1. The van der Waals surface area contributed by atoms with Crippen LogP contribution in [0.3, 0.4) is 0 Å². The Labute approximate surface area is 183 Å². The van der Waals surface area contributed by atoms with Gasteiger partial charge in [-0.15, -0.1) is 0 Å². The number of nitrogens with zero attached hydrogens (tertiary/aromatic N) is 2. The normalized spacial score (nSPS) is 13.3. The number of para-hydroxylation sites is 1. The highest BCUT2D eigenvalue weighted by Crippen LogP contribution is 2.37. The summed E-state index contributed by atoms with van der Waals surface area (Å²) in [6.07, 6.45) is -2.46. The first-order valence-corrected chi connectivity index (χ1v) is 10.2. The minimum atomic E-state index is -4.45. The first-order chi connectivity index (χ1) is 15.4. The Morgan fingerprint density at radius 1 is 0.781 bits per heavy atom. The molecule has 5 rings (SSSR count). The van der Waals surface area contributed by atoms with Crippen molar-refractivity contribution in [3.63, 3.8) is 0 Å². The molecule has 0 saturated heterocycles. The van der Waals surface area contributed by atoms with E-state index in [0.717, 1.165) is 23.0 Å². The maximum absolute atomic E-state index is 13.5. The molecule has 3 aromatic carbocycles. The molecule has 1 amide bonds. The molecule has 1 aliphatic heterocycles. The van der Waals surface area contributed by atoms with E-state index in [0.29, 0.717) is 24.2 Å². The van der Waals surface area contributed by atoms with Gasteiger partial charge in [0.25, 0.3) is 5.91 Å². The second-order valence-electron chi connectivity index (χ2n) is 7.77. The lowest BCUT2D eigenvalue weighted by Crippen LogP contribution is -2.30. The van der Waals surface area contributed by atoms with Gasteiger partial charge in [0.15, 0.2) is 0 Å². The molecule has 0 radical (unpaired) electrons. The molecule has 1 aliphatic rings. The molecule has 0 spiro atoms. The third-order valence-corrected chi connectivity index (χ3v) is 5.79. The van der Waals surface area contributed by atoms with Gasteiger partial charge in [-0.25, -0.2) is 0 Å². The number of anilines is 1. The third-order valence-electron chi connectivity index (χ3n) is 5.79. The zero-order chi connectivity index (χ0) is 22.3. The molecule has 0 aliphatic carbocycles. The van der Waals surface area contributed by atoms with Gasteiger partial charge in [-0.1, -0.05) is 48.5 Å². The van der Waals surface area contributed by atoms with Crippen LogP contribution in [-0.2, 0) is 19.3 Å². The van der Waals surface area contributed by atoms with E-state index in [1.165, 1.54) is 12.1 Å². The summed E-state index contributed by atoms with van der Waals surface area (Å²) in [7, 11) is 0. The topological polar surface area (TPSA) is 25.2 Å². The lowest BCUT2D eigenvalue weighted by molar-refractivity contribution is -0.137. The number of carbonyl (C=O) groups is 1. The fourth-order valence-electron chi connectivity index (χ4n) is 4.20. The standard InChI is InChI=1S/C26H19F3N2O/c27-26(28,29)23-9-3-2-8-22(23)18-11-13-19(14-12-18)25(32)31-17-21-7-5-15-30(21)16-20-6-1-4-10-24(20)31/h1-15H,16-17H2. The van der Waals surface area contributed by atoms with Crippen molar-refractivity contribution in [2.45, 2.75) is 19.3 Å². The molecule has 0 N–H and O–H groups in total. The molecular weight excluding hydrogens is 413 g/mol. The number of hydrogen-bond donors (Lipinski definition) is 0. The number of hydrogen-bond acceptors (Lipinski definition) is 1. The monoisotopic (exact) mass is 432 g/mol. The molecule has 0 saturated carbocycles. The quantitative estimate of drug-likeness (QED) is 0.361. The Morgan fingerprint density at radius 3 is 2.28 bits per heavy atom. The van der Waals surface area contributed by atoms with E-state index < -0.39 is 11.7 Å². The summed E-state index contributed by atoms with van der Waals surface area (Å²) in [6.45, 7) is 1.09. The Morgan fingerprint density at radius 2 is 1.50 bits per heavy atom. The highest BCUT2D eigenvalue weighted by atomic mass is 19.4. The van der Waals surface area contributed by atoms with E-state index in [2.05, 4.69) is 4.57 Å². The van der Waals surface area contributed by atoms with Gasteiger partial charge in [-0.2, -0.15) is 13.2 Å². The fraction of sp³-hybridized carbons (Fsp3) is 0.115. The summed E-state index contributed by atoms with van der Waals surface area (Å²) in [4.78, 5) is 15.2. The van der Waals surface area contributed by atoms with Gasteiger partial charge >= 0.3 is 6.18 Å². The first kappa shape index (κ1) is 20.1. The van der Waals surface area contributed by atoms with Crippen molar-refractivity contribution >= 4 is 11.6 Å². The summed E-state index contributed by atoms with van der Waals surface area (Å²) in [6, 6.07) is 23.5. The van der Waals surface area contributed by atoms with Gasteiger partial charge < -0.3 is 9.47 Å². The minimum absolute atomic E-state index is 0.0944. The largest absolute Gasteiger partial charge is 0.417 e. The molecule has 160 valence electrons. The van der Waals surface area contributed by atoms with E-state index in [4.69, 9.17) is 0 Å². The van der Waals surface area contributed by atoms with Crippen molar-refractivity contribution in [3.05, 3.63) is 114 Å². The van der Waals surface area contributed by atoms with Crippen LogP contribution in [0.4, 0.5) is 18.9 Å². The van der Waals surface area contributed by atoms with Crippen LogP contribution in [0.15, 0.2) is 91.1 Å². The molecule has 3 nitrogen and oxygen atoms in total. The van der Waals surface area contributed by atoms with Crippen molar-refractivity contribution in [2.75, 3.05) is 4.90 Å². The predicted octanol–water partition coefficient (Wildman–Crippen LogP) is 6.38. The predicted molar refractivity (Wildman–Crippen MR) is 117 cm³/mol. The summed E-state index contributed by atoms with van der Waals surface area (Å²) >= 11 is 0. The van der Waals surface area contributed by atoms with Crippen LogP contribution in [0.5, 0.6) is 0 Å². The van der Waals surface area contributed by atoms with Gasteiger partial charge in [-0.3, -0.25) is 4.79 Å². The Hall–Kier alpha value is -3.80. The molecular formula is C26H19F3N2O. The molecule has 0 atom stereocenters. The smallest absolute Gasteiger partial charge is 0.345 e. The van der Waals surface area contributed by atoms with Gasteiger partial charge in [0.05, 0.1) is 12.1 Å². The zero-order valence-electron chi connectivity index (χ0n) is 17.0. The number of halogens is 3. The van der Waals surface area contributed by atoms with Gasteiger partial charge in [0.1, 0.15) is 0 Å². The van der Waals surface area contributed by atoms with Crippen molar-refractivity contribution in [1.82, 2.24) is 4.57 Å². The minimum Gasteiger partial charge on any atom is -0.345 e. The van der Waals surface area contributed by atoms with Crippen molar-refractivity contribution < 1.29 is 18.0 Å².